The molecule has 0 aliphatic rings. The predicted octanol–water partition coefficient (Wildman–Crippen LogP) is 4.54. The molecule has 0 spiro atoms. The molecule has 0 saturated carbocycles. The number of hydrogen-bond donors (Lipinski definition) is 0. The molecule has 0 fully saturated rings. The van der Waals surface area contributed by atoms with Gasteiger partial charge in [-0.05, 0) is 30.5 Å². The Morgan fingerprint density at radius 1 is 1.39 bits per heavy atom. The number of rotatable bonds is 7. The van der Waals surface area contributed by atoms with Crippen LogP contribution in [0.25, 0.3) is 0 Å². The molecule has 122 valence electrons. The number of benzene rings is 1. The summed E-state index contributed by atoms with van der Waals surface area (Å²) in [5.41, 5.74) is 0.124. The molecule has 0 saturated heterocycles. The maximum Gasteiger partial charge on any atom is 0.163 e. The number of allylic oxidation sites excluding steroid dienone is 1. The molecular weight excluding hydrogens is 333 g/mol. The number of carbonyl (C=O) groups excluding carboxylic acids is 1. The van der Waals surface area contributed by atoms with Crippen LogP contribution < -0.4 is 0 Å². The van der Waals surface area contributed by atoms with Crippen LogP contribution in [0.5, 0.6) is 0 Å². The zero-order valence-electron chi connectivity index (χ0n) is 13.2. The monoisotopic (exact) mass is 351 g/mol. The quantitative estimate of drug-likeness (QED) is 0.688. The SMILES string of the molecule is C=CCC(C(=O)C(C)(C)Cc1c(Cl)cccc1Cl)n1cncn1. The summed E-state index contributed by atoms with van der Waals surface area (Å²) in [6, 6.07) is 4.91. The summed E-state index contributed by atoms with van der Waals surface area (Å²) in [6.07, 6.45) is 5.61. The van der Waals surface area contributed by atoms with Crippen molar-refractivity contribution < 1.29 is 4.79 Å². The van der Waals surface area contributed by atoms with Gasteiger partial charge in [0.25, 0.3) is 0 Å². The van der Waals surface area contributed by atoms with E-state index in [4.69, 9.17) is 23.2 Å². The van der Waals surface area contributed by atoms with E-state index in [2.05, 4.69) is 16.7 Å². The third-order valence-corrected chi connectivity index (χ3v) is 4.50. The molecule has 0 bridgehead atoms. The molecule has 0 N–H and O–H groups in total. The number of hydrogen-bond acceptors (Lipinski definition) is 3. The van der Waals surface area contributed by atoms with E-state index in [1.165, 1.54) is 6.33 Å². The van der Waals surface area contributed by atoms with Gasteiger partial charge in [0, 0.05) is 15.5 Å². The maximum atomic E-state index is 13.1. The highest BCUT2D eigenvalue weighted by atomic mass is 35.5. The van der Waals surface area contributed by atoms with Gasteiger partial charge < -0.3 is 0 Å². The summed E-state index contributed by atoms with van der Waals surface area (Å²) in [4.78, 5) is 17.0. The van der Waals surface area contributed by atoms with Crippen LogP contribution in [-0.2, 0) is 11.2 Å². The molecule has 1 heterocycles. The van der Waals surface area contributed by atoms with Crippen LogP contribution in [-0.4, -0.2) is 20.5 Å². The van der Waals surface area contributed by atoms with E-state index in [9.17, 15) is 4.79 Å². The molecule has 1 aromatic carbocycles. The number of halogens is 2. The fourth-order valence-corrected chi connectivity index (χ4v) is 3.08. The van der Waals surface area contributed by atoms with Gasteiger partial charge in [-0.25, -0.2) is 9.67 Å². The van der Waals surface area contributed by atoms with Crippen molar-refractivity contribution in [2.75, 3.05) is 0 Å². The van der Waals surface area contributed by atoms with E-state index in [1.807, 2.05) is 13.8 Å². The van der Waals surface area contributed by atoms with Gasteiger partial charge in [0.15, 0.2) is 5.78 Å². The first-order chi connectivity index (χ1) is 10.9. The summed E-state index contributed by atoms with van der Waals surface area (Å²) < 4.78 is 1.57. The van der Waals surface area contributed by atoms with Gasteiger partial charge in [0.05, 0.1) is 0 Å². The Morgan fingerprint density at radius 2 is 2.04 bits per heavy atom. The van der Waals surface area contributed by atoms with Crippen molar-refractivity contribution in [3.05, 3.63) is 59.1 Å². The van der Waals surface area contributed by atoms with Gasteiger partial charge in [-0.2, -0.15) is 5.10 Å². The Labute approximate surface area is 146 Å². The maximum absolute atomic E-state index is 13.1. The first kappa shape index (κ1) is 17.7. The Kier molecular flexibility index (Phi) is 5.60. The molecule has 0 radical (unpaired) electrons. The van der Waals surface area contributed by atoms with Crippen molar-refractivity contribution in [1.82, 2.24) is 14.8 Å². The zero-order chi connectivity index (χ0) is 17.0. The Morgan fingerprint density at radius 3 is 2.57 bits per heavy atom. The first-order valence-corrected chi connectivity index (χ1v) is 8.04. The van der Waals surface area contributed by atoms with E-state index in [1.54, 1.807) is 35.3 Å². The summed E-state index contributed by atoms with van der Waals surface area (Å²) in [5, 5.41) is 5.23. The molecule has 4 nitrogen and oxygen atoms in total. The molecule has 0 aliphatic carbocycles. The lowest BCUT2D eigenvalue weighted by Crippen LogP contribution is -2.34. The van der Waals surface area contributed by atoms with Gasteiger partial charge in [-0.3, -0.25) is 4.79 Å². The number of ketones is 1. The van der Waals surface area contributed by atoms with Crippen LogP contribution in [0.3, 0.4) is 0 Å². The van der Waals surface area contributed by atoms with E-state index in [0.717, 1.165) is 5.56 Å². The van der Waals surface area contributed by atoms with E-state index in [0.29, 0.717) is 22.9 Å². The Bertz CT molecular complexity index is 676. The molecule has 2 aromatic rings. The van der Waals surface area contributed by atoms with Crippen LogP contribution >= 0.6 is 23.2 Å². The minimum Gasteiger partial charge on any atom is -0.297 e. The summed E-state index contributed by atoms with van der Waals surface area (Å²) in [6.45, 7) is 7.51. The smallest absolute Gasteiger partial charge is 0.163 e. The van der Waals surface area contributed by atoms with Crippen LogP contribution in [0, 0.1) is 5.41 Å². The molecule has 1 atom stereocenters. The van der Waals surface area contributed by atoms with Gasteiger partial charge in [-0.1, -0.05) is 49.2 Å². The molecule has 1 aromatic heterocycles. The molecule has 6 heteroatoms. The fourth-order valence-electron chi connectivity index (χ4n) is 2.55. The van der Waals surface area contributed by atoms with E-state index >= 15 is 0 Å². The van der Waals surface area contributed by atoms with Gasteiger partial charge >= 0.3 is 0 Å². The third kappa shape index (κ3) is 4.01. The number of nitrogens with zero attached hydrogens (tertiary/aromatic N) is 3. The lowest BCUT2D eigenvalue weighted by atomic mass is 9.78. The lowest BCUT2D eigenvalue weighted by molar-refractivity contribution is -0.130. The summed E-state index contributed by atoms with van der Waals surface area (Å²) in [7, 11) is 0. The zero-order valence-corrected chi connectivity index (χ0v) is 14.7. The average molecular weight is 352 g/mol. The van der Waals surface area contributed by atoms with E-state index < -0.39 is 11.5 Å². The largest absolute Gasteiger partial charge is 0.297 e. The Hall–Kier alpha value is -1.65. The predicted molar refractivity (Wildman–Crippen MR) is 92.8 cm³/mol. The third-order valence-electron chi connectivity index (χ3n) is 3.80. The van der Waals surface area contributed by atoms with Crippen molar-refractivity contribution in [3.8, 4) is 0 Å². The molecular formula is C17H19Cl2N3O. The van der Waals surface area contributed by atoms with Crippen molar-refractivity contribution in [3.63, 3.8) is 0 Å². The number of Topliss-reactive ketones (excluding diaryl/α,β-unsaturated/α-hetero) is 1. The van der Waals surface area contributed by atoms with E-state index in [-0.39, 0.29) is 5.78 Å². The highest BCUT2D eigenvalue weighted by Crippen LogP contribution is 2.35. The topological polar surface area (TPSA) is 47.8 Å². The normalized spacial score (nSPS) is 12.9. The van der Waals surface area contributed by atoms with Gasteiger partial charge in [0.1, 0.15) is 18.7 Å². The second kappa shape index (κ2) is 7.28. The molecule has 2 rings (SSSR count). The van der Waals surface area contributed by atoms with Crippen LogP contribution in [0.2, 0.25) is 10.0 Å². The molecule has 23 heavy (non-hydrogen) atoms. The number of carbonyl (C=O) groups is 1. The first-order valence-electron chi connectivity index (χ1n) is 7.29. The van der Waals surface area contributed by atoms with Crippen molar-refractivity contribution in [2.45, 2.75) is 32.7 Å². The Balaban J connectivity index is 2.30. The lowest BCUT2D eigenvalue weighted by Gasteiger charge is -2.28. The second-order valence-electron chi connectivity index (χ2n) is 6.04. The molecule has 0 amide bonds. The van der Waals surface area contributed by atoms with Crippen molar-refractivity contribution in [1.29, 1.82) is 0 Å². The van der Waals surface area contributed by atoms with Gasteiger partial charge in [-0.15, -0.1) is 6.58 Å². The van der Waals surface area contributed by atoms with Crippen LogP contribution in [0.4, 0.5) is 0 Å². The van der Waals surface area contributed by atoms with Crippen molar-refractivity contribution >= 4 is 29.0 Å². The van der Waals surface area contributed by atoms with Crippen LogP contribution in [0.15, 0.2) is 43.5 Å². The van der Waals surface area contributed by atoms with Gasteiger partial charge in [0.2, 0.25) is 0 Å². The van der Waals surface area contributed by atoms with Crippen LogP contribution in [0.1, 0.15) is 31.9 Å². The summed E-state index contributed by atoms with van der Waals surface area (Å²) >= 11 is 12.5. The minimum absolute atomic E-state index is 0.0406. The number of aromatic nitrogens is 3. The average Bonchev–Trinajstić information content (AvgIpc) is 3.02. The highest BCUT2D eigenvalue weighted by Gasteiger charge is 2.35. The fraction of sp³-hybridized carbons (Fsp3) is 0.353. The second-order valence-corrected chi connectivity index (χ2v) is 6.86. The minimum atomic E-state index is -0.658. The highest BCUT2D eigenvalue weighted by molar-refractivity contribution is 6.36. The molecule has 0 aliphatic heterocycles. The molecule has 1 unspecified atom stereocenters. The standard InChI is InChI=1S/C17H19Cl2N3O/c1-4-6-15(22-11-20-10-21-22)16(23)17(2,3)9-12-13(18)7-5-8-14(12)19/h4-5,7-8,10-11,15H,1,6,9H2,2-3H3. The summed E-state index contributed by atoms with van der Waals surface area (Å²) in [5.74, 6) is 0.0406. The van der Waals surface area contributed by atoms with Crippen molar-refractivity contribution in [2.24, 2.45) is 5.41 Å².